The van der Waals surface area contributed by atoms with Crippen LogP contribution in [0.2, 0.25) is 5.15 Å². The van der Waals surface area contributed by atoms with E-state index in [4.69, 9.17) is 11.6 Å². The lowest BCUT2D eigenvalue weighted by atomic mass is 10.3. The standard InChI is InChI=1S/C11H10BrClN2S/c1-7-9(3-5-11(13)15-7)14-6-8-2-4-10(12)16-8/h2-5,14H,6H2,1H3. The molecule has 0 amide bonds. The lowest BCUT2D eigenvalue weighted by Gasteiger charge is -2.07. The molecule has 0 aliphatic rings. The Morgan fingerprint density at radius 1 is 1.38 bits per heavy atom. The molecule has 0 spiro atoms. The summed E-state index contributed by atoms with van der Waals surface area (Å²) < 4.78 is 1.15. The molecule has 2 rings (SSSR count). The van der Waals surface area contributed by atoms with E-state index in [1.807, 2.05) is 13.0 Å². The van der Waals surface area contributed by atoms with Gasteiger partial charge >= 0.3 is 0 Å². The van der Waals surface area contributed by atoms with E-state index in [-0.39, 0.29) is 0 Å². The van der Waals surface area contributed by atoms with Crippen molar-refractivity contribution in [2.24, 2.45) is 0 Å². The van der Waals surface area contributed by atoms with Crippen LogP contribution in [-0.2, 0) is 6.54 Å². The minimum atomic E-state index is 0.530. The molecule has 0 bridgehead atoms. The van der Waals surface area contributed by atoms with Crippen molar-refractivity contribution in [2.45, 2.75) is 13.5 Å². The number of nitrogens with zero attached hydrogens (tertiary/aromatic N) is 1. The van der Waals surface area contributed by atoms with E-state index in [1.165, 1.54) is 4.88 Å². The zero-order chi connectivity index (χ0) is 11.5. The molecular formula is C11H10BrClN2S. The maximum absolute atomic E-state index is 5.79. The van der Waals surface area contributed by atoms with Crippen LogP contribution in [-0.4, -0.2) is 4.98 Å². The van der Waals surface area contributed by atoms with Gasteiger partial charge in [-0.05, 0) is 47.1 Å². The summed E-state index contributed by atoms with van der Waals surface area (Å²) in [7, 11) is 0. The molecular weight excluding hydrogens is 308 g/mol. The van der Waals surface area contributed by atoms with Gasteiger partial charge in [0, 0.05) is 11.4 Å². The van der Waals surface area contributed by atoms with Gasteiger partial charge in [0.05, 0.1) is 15.2 Å². The van der Waals surface area contributed by atoms with Crippen LogP contribution in [0.1, 0.15) is 10.6 Å². The Kier molecular flexibility index (Phi) is 3.84. The predicted octanol–water partition coefficient (Wildman–Crippen LogP) is 4.48. The number of hydrogen-bond acceptors (Lipinski definition) is 3. The maximum atomic E-state index is 5.79. The molecule has 0 saturated heterocycles. The van der Waals surface area contributed by atoms with Crippen LogP contribution in [0.25, 0.3) is 0 Å². The summed E-state index contributed by atoms with van der Waals surface area (Å²) >= 11 is 11.0. The Bertz CT molecular complexity index is 498. The number of pyridine rings is 1. The molecule has 0 aromatic carbocycles. The Labute approximate surface area is 112 Å². The topological polar surface area (TPSA) is 24.9 Å². The van der Waals surface area contributed by atoms with Gasteiger partial charge in [0.1, 0.15) is 5.15 Å². The maximum Gasteiger partial charge on any atom is 0.129 e. The average Bonchev–Trinajstić information content (AvgIpc) is 2.63. The molecule has 0 radical (unpaired) electrons. The number of nitrogens with one attached hydrogen (secondary N) is 1. The van der Waals surface area contributed by atoms with Crippen molar-refractivity contribution in [1.29, 1.82) is 0 Å². The van der Waals surface area contributed by atoms with Crippen molar-refractivity contribution in [1.82, 2.24) is 4.98 Å². The molecule has 0 unspecified atom stereocenters. The first kappa shape index (κ1) is 11.9. The molecule has 2 nitrogen and oxygen atoms in total. The first-order chi connectivity index (χ1) is 7.65. The van der Waals surface area contributed by atoms with E-state index in [2.05, 4.69) is 38.4 Å². The minimum Gasteiger partial charge on any atom is -0.379 e. The van der Waals surface area contributed by atoms with E-state index < -0.39 is 0 Å². The first-order valence-corrected chi connectivity index (χ1v) is 6.75. The average molecular weight is 318 g/mol. The highest BCUT2D eigenvalue weighted by Crippen LogP contribution is 2.23. The Hall–Kier alpha value is -0.580. The highest BCUT2D eigenvalue weighted by Gasteiger charge is 2.01. The molecule has 2 aromatic rings. The zero-order valence-corrected chi connectivity index (χ0v) is 11.8. The van der Waals surface area contributed by atoms with E-state index in [1.54, 1.807) is 17.4 Å². The smallest absolute Gasteiger partial charge is 0.129 e. The Balaban J connectivity index is 2.04. The third-order valence-corrected chi connectivity index (χ3v) is 3.97. The second-order valence-corrected chi connectivity index (χ2v) is 6.26. The molecule has 0 atom stereocenters. The fourth-order valence-electron chi connectivity index (χ4n) is 1.35. The molecule has 0 aliphatic carbocycles. The molecule has 0 fully saturated rings. The fourth-order valence-corrected chi connectivity index (χ4v) is 2.96. The number of aromatic nitrogens is 1. The van der Waals surface area contributed by atoms with Gasteiger partial charge in [-0.1, -0.05) is 11.6 Å². The van der Waals surface area contributed by atoms with Gasteiger partial charge in [-0.3, -0.25) is 0 Å². The summed E-state index contributed by atoms with van der Waals surface area (Å²) in [6.45, 7) is 2.75. The van der Waals surface area contributed by atoms with Crippen LogP contribution < -0.4 is 5.32 Å². The van der Waals surface area contributed by atoms with E-state index in [9.17, 15) is 0 Å². The number of thiophene rings is 1. The fraction of sp³-hybridized carbons (Fsp3) is 0.182. The lowest BCUT2D eigenvalue weighted by molar-refractivity contribution is 1.13. The predicted molar refractivity (Wildman–Crippen MR) is 73.3 cm³/mol. The number of aryl methyl sites for hydroxylation is 1. The van der Waals surface area contributed by atoms with E-state index >= 15 is 0 Å². The van der Waals surface area contributed by atoms with Crippen molar-refractivity contribution >= 4 is 44.6 Å². The molecule has 5 heteroatoms. The van der Waals surface area contributed by atoms with Crippen LogP contribution in [0.3, 0.4) is 0 Å². The van der Waals surface area contributed by atoms with Crippen LogP contribution in [0.15, 0.2) is 28.1 Å². The van der Waals surface area contributed by atoms with Crippen LogP contribution >= 0.6 is 38.9 Å². The quantitative estimate of drug-likeness (QED) is 0.844. The van der Waals surface area contributed by atoms with E-state index in [0.717, 1.165) is 21.7 Å². The van der Waals surface area contributed by atoms with Crippen LogP contribution in [0.4, 0.5) is 5.69 Å². The molecule has 2 aromatic heterocycles. The van der Waals surface area contributed by atoms with Crippen molar-refractivity contribution in [2.75, 3.05) is 5.32 Å². The summed E-state index contributed by atoms with van der Waals surface area (Å²) in [5.41, 5.74) is 1.94. The summed E-state index contributed by atoms with van der Waals surface area (Å²) in [5, 5.41) is 3.87. The van der Waals surface area contributed by atoms with Crippen molar-refractivity contribution in [3.8, 4) is 0 Å². The third kappa shape index (κ3) is 2.97. The normalized spacial score (nSPS) is 10.4. The summed E-state index contributed by atoms with van der Waals surface area (Å²) in [5.74, 6) is 0. The highest BCUT2D eigenvalue weighted by molar-refractivity contribution is 9.11. The molecule has 16 heavy (non-hydrogen) atoms. The van der Waals surface area contributed by atoms with E-state index in [0.29, 0.717) is 5.15 Å². The van der Waals surface area contributed by atoms with Crippen molar-refractivity contribution < 1.29 is 0 Å². The molecule has 2 heterocycles. The summed E-state index contributed by atoms with van der Waals surface area (Å²) in [6.07, 6.45) is 0. The molecule has 0 aliphatic heterocycles. The van der Waals surface area contributed by atoms with Gasteiger partial charge in [-0.2, -0.15) is 0 Å². The largest absolute Gasteiger partial charge is 0.379 e. The van der Waals surface area contributed by atoms with Gasteiger partial charge in [0.25, 0.3) is 0 Å². The van der Waals surface area contributed by atoms with Crippen LogP contribution in [0.5, 0.6) is 0 Å². The summed E-state index contributed by atoms with van der Waals surface area (Å²) in [4.78, 5) is 5.47. The van der Waals surface area contributed by atoms with Gasteiger partial charge in [0.2, 0.25) is 0 Å². The van der Waals surface area contributed by atoms with Crippen molar-refractivity contribution in [3.63, 3.8) is 0 Å². The van der Waals surface area contributed by atoms with Gasteiger partial charge in [0.15, 0.2) is 0 Å². The monoisotopic (exact) mass is 316 g/mol. The van der Waals surface area contributed by atoms with Gasteiger partial charge in [-0.15, -0.1) is 11.3 Å². The Morgan fingerprint density at radius 2 is 2.19 bits per heavy atom. The number of halogens is 2. The van der Waals surface area contributed by atoms with Gasteiger partial charge < -0.3 is 5.32 Å². The molecule has 84 valence electrons. The first-order valence-electron chi connectivity index (χ1n) is 4.76. The zero-order valence-electron chi connectivity index (χ0n) is 8.63. The second-order valence-electron chi connectivity index (χ2n) is 3.33. The minimum absolute atomic E-state index is 0.530. The lowest BCUT2D eigenvalue weighted by Crippen LogP contribution is -2.00. The third-order valence-electron chi connectivity index (χ3n) is 2.13. The number of rotatable bonds is 3. The molecule has 1 N–H and O–H groups in total. The highest BCUT2D eigenvalue weighted by atomic mass is 79.9. The number of anilines is 1. The second kappa shape index (κ2) is 5.17. The Morgan fingerprint density at radius 3 is 2.81 bits per heavy atom. The van der Waals surface area contributed by atoms with Gasteiger partial charge in [-0.25, -0.2) is 4.98 Å². The summed E-state index contributed by atoms with van der Waals surface area (Å²) in [6, 6.07) is 7.89. The molecule has 0 saturated carbocycles. The van der Waals surface area contributed by atoms with Crippen molar-refractivity contribution in [3.05, 3.63) is 43.8 Å². The van der Waals surface area contributed by atoms with Crippen LogP contribution in [0, 0.1) is 6.92 Å². The SMILES string of the molecule is Cc1nc(Cl)ccc1NCc1ccc(Br)s1. The number of hydrogen-bond donors (Lipinski definition) is 1.